The molecule has 0 atom stereocenters. The van der Waals surface area contributed by atoms with Crippen molar-refractivity contribution in [2.75, 3.05) is 0 Å². The van der Waals surface area contributed by atoms with Crippen LogP contribution < -0.4 is 4.74 Å². The highest BCUT2D eigenvalue weighted by Gasteiger charge is 2.12. The van der Waals surface area contributed by atoms with E-state index in [4.69, 9.17) is 4.74 Å². The number of nitrogens with zero attached hydrogens (tertiary/aromatic N) is 2. The number of halogens is 1. The van der Waals surface area contributed by atoms with Crippen molar-refractivity contribution < 1.29 is 14.1 Å². The van der Waals surface area contributed by atoms with Crippen molar-refractivity contribution in [2.45, 2.75) is 13.8 Å². The van der Waals surface area contributed by atoms with Gasteiger partial charge in [-0.05, 0) is 37.6 Å². The zero-order valence-electron chi connectivity index (χ0n) is 10.4. The molecule has 1 aromatic carbocycles. The van der Waals surface area contributed by atoms with Crippen LogP contribution in [0.15, 0.2) is 30.5 Å². The molecule has 19 heavy (non-hydrogen) atoms. The third kappa shape index (κ3) is 2.85. The van der Waals surface area contributed by atoms with Gasteiger partial charge in [-0.15, -0.1) is 0 Å². The summed E-state index contributed by atoms with van der Waals surface area (Å²) < 4.78 is 18.5. The fourth-order valence-electron chi connectivity index (χ4n) is 1.57. The molecule has 1 heterocycles. The second-order valence-corrected chi connectivity index (χ2v) is 4.08. The van der Waals surface area contributed by atoms with Gasteiger partial charge in [0.25, 0.3) is 5.69 Å². The molecule has 0 saturated heterocycles. The average molecular weight is 262 g/mol. The summed E-state index contributed by atoms with van der Waals surface area (Å²) in [4.78, 5) is 14.0. The second kappa shape index (κ2) is 5.01. The Kier molecular flexibility index (Phi) is 3.41. The highest BCUT2D eigenvalue weighted by molar-refractivity contribution is 5.40. The van der Waals surface area contributed by atoms with Crippen LogP contribution in [0.2, 0.25) is 0 Å². The first-order valence-corrected chi connectivity index (χ1v) is 5.52. The summed E-state index contributed by atoms with van der Waals surface area (Å²) in [6, 6.07) is 5.77. The molecule has 0 aliphatic heterocycles. The van der Waals surface area contributed by atoms with Gasteiger partial charge >= 0.3 is 0 Å². The first-order valence-electron chi connectivity index (χ1n) is 5.52. The van der Waals surface area contributed by atoms with E-state index >= 15 is 0 Å². The average Bonchev–Trinajstić information content (AvgIpc) is 2.33. The molecule has 5 nitrogen and oxygen atoms in total. The minimum Gasteiger partial charge on any atom is -0.439 e. The number of nitro groups is 1. The summed E-state index contributed by atoms with van der Waals surface area (Å²) in [6.45, 7) is 3.22. The quantitative estimate of drug-likeness (QED) is 0.626. The van der Waals surface area contributed by atoms with E-state index in [2.05, 4.69) is 4.98 Å². The fourth-order valence-corrected chi connectivity index (χ4v) is 1.57. The Morgan fingerprint density at radius 2 is 2.00 bits per heavy atom. The number of ether oxygens (including phenoxy) is 1. The van der Waals surface area contributed by atoms with Crippen molar-refractivity contribution in [3.8, 4) is 11.6 Å². The number of pyridine rings is 1. The Balaban J connectivity index is 2.26. The van der Waals surface area contributed by atoms with Gasteiger partial charge < -0.3 is 4.74 Å². The molecule has 2 aromatic rings. The van der Waals surface area contributed by atoms with E-state index in [9.17, 15) is 14.5 Å². The van der Waals surface area contributed by atoms with Crippen LogP contribution in [0.1, 0.15) is 11.1 Å². The zero-order valence-corrected chi connectivity index (χ0v) is 10.4. The minimum atomic E-state index is -0.506. The van der Waals surface area contributed by atoms with Crippen LogP contribution in [0.3, 0.4) is 0 Å². The van der Waals surface area contributed by atoms with E-state index in [-0.39, 0.29) is 17.4 Å². The molecule has 0 saturated carbocycles. The normalized spacial score (nSPS) is 10.3. The van der Waals surface area contributed by atoms with Crippen LogP contribution in [0.25, 0.3) is 0 Å². The van der Waals surface area contributed by atoms with Gasteiger partial charge in [0.15, 0.2) is 0 Å². The van der Waals surface area contributed by atoms with Crippen molar-refractivity contribution in [1.29, 1.82) is 0 Å². The highest BCUT2D eigenvalue weighted by Crippen LogP contribution is 2.25. The minimum absolute atomic E-state index is 0.0670. The van der Waals surface area contributed by atoms with E-state index in [1.54, 1.807) is 13.8 Å². The van der Waals surface area contributed by atoms with E-state index in [0.29, 0.717) is 16.9 Å². The molecule has 0 fully saturated rings. The maximum atomic E-state index is 13.1. The standard InChI is InChI=1S/C13H11FN2O3/c1-8-5-10(3-4-11(8)14)19-13-6-9(2)12(7-15-13)16(17)18/h3-7H,1-2H3. The Morgan fingerprint density at radius 1 is 1.26 bits per heavy atom. The number of aryl methyl sites for hydroxylation is 2. The molecule has 0 amide bonds. The highest BCUT2D eigenvalue weighted by atomic mass is 19.1. The molecule has 0 N–H and O–H groups in total. The first kappa shape index (κ1) is 12.9. The summed E-state index contributed by atoms with van der Waals surface area (Å²) in [5, 5.41) is 10.7. The van der Waals surface area contributed by atoms with Crippen LogP contribution in [0.5, 0.6) is 11.6 Å². The fraction of sp³-hybridized carbons (Fsp3) is 0.154. The number of benzene rings is 1. The zero-order chi connectivity index (χ0) is 14.0. The summed E-state index contributed by atoms with van der Waals surface area (Å²) in [6.07, 6.45) is 1.14. The third-order valence-corrected chi connectivity index (χ3v) is 2.61. The lowest BCUT2D eigenvalue weighted by Crippen LogP contribution is -1.95. The molecule has 0 bridgehead atoms. The van der Waals surface area contributed by atoms with Crippen LogP contribution in [0.4, 0.5) is 10.1 Å². The van der Waals surface area contributed by atoms with Crippen molar-refractivity contribution >= 4 is 5.69 Å². The van der Waals surface area contributed by atoms with Crippen LogP contribution in [-0.4, -0.2) is 9.91 Å². The van der Waals surface area contributed by atoms with Gasteiger partial charge in [-0.3, -0.25) is 10.1 Å². The molecule has 1 aromatic heterocycles. The second-order valence-electron chi connectivity index (χ2n) is 4.08. The summed E-state index contributed by atoms with van der Waals surface area (Å²) in [7, 11) is 0. The van der Waals surface area contributed by atoms with E-state index in [1.165, 1.54) is 24.3 Å². The summed E-state index contributed by atoms with van der Waals surface area (Å²) in [5.41, 5.74) is 0.840. The van der Waals surface area contributed by atoms with Gasteiger partial charge in [-0.1, -0.05) is 0 Å². The van der Waals surface area contributed by atoms with E-state index in [0.717, 1.165) is 6.20 Å². The lowest BCUT2D eigenvalue weighted by Gasteiger charge is -2.06. The Bertz CT molecular complexity index is 644. The molecule has 98 valence electrons. The molecule has 0 radical (unpaired) electrons. The predicted octanol–water partition coefficient (Wildman–Crippen LogP) is 3.54. The van der Waals surface area contributed by atoms with Gasteiger partial charge in [0.05, 0.1) is 4.92 Å². The Hall–Kier alpha value is -2.50. The number of hydrogen-bond acceptors (Lipinski definition) is 4. The van der Waals surface area contributed by atoms with Crippen LogP contribution in [0, 0.1) is 29.8 Å². The van der Waals surface area contributed by atoms with Gasteiger partial charge in [-0.25, -0.2) is 9.37 Å². The molecular formula is C13H11FN2O3. The Morgan fingerprint density at radius 3 is 2.58 bits per heavy atom. The van der Waals surface area contributed by atoms with Gasteiger partial charge in [0.1, 0.15) is 17.8 Å². The third-order valence-electron chi connectivity index (χ3n) is 2.61. The molecule has 0 spiro atoms. The van der Waals surface area contributed by atoms with Crippen molar-refractivity contribution in [3.05, 3.63) is 57.5 Å². The molecule has 0 unspecified atom stereocenters. The lowest BCUT2D eigenvalue weighted by molar-refractivity contribution is -0.385. The number of hydrogen-bond donors (Lipinski definition) is 0. The smallest absolute Gasteiger partial charge is 0.290 e. The number of aromatic nitrogens is 1. The molecule has 0 aliphatic carbocycles. The SMILES string of the molecule is Cc1cc(Oc2cc(C)c([N+](=O)[O-])cn2)ccc1F. The largest absolute Gasteiger partial charge is 0.439 e. The van der Waals surface area contributed by atoms with Crippen molar-refractivity contribution in [2.24, 2.45) is 0 Å². The van der Waals surface area contributed by atoms with Crippen molar-refractivity contribution in [1.82, 2.24) is 4.98 Å². The van der Waals surface area contributed by atoms with Crippen LogP contribution >= 0.6 is 0 Å². The Labute approximate surface area is 108 Å². The predicted molar refractivity (Wildman–Crippen MR) is 66.8 cm³/mol. The first-order chi connectivity index (χ1) is 8.97. The van der Waals surface area contributed by atoms with Gasteiger partial charge in [0, 0.05) is 11.6 Å². The maximum absolute atomic E-state index is 13.1. The summed E-state index contributed by atoms with van der Waals surface area (Å²) >= 11 is 0. The van der Waals surface area contributed by atoms with E-state index in [1.807, 2.05) is 0 Å². The van der Waals surface area contributed by atoms with Gasteiger partial charge in [-0.2, -0.15) is 0 Å². The maximum Gasteiger partial charge on any atom is 0.290 e. The lowest BCUT2D eigenvalue weighted by atomic mass is 10.2. The van der Waals surface area contributed by atoms with Crippen molar-refractivity contribution in [3.63, 3.8) is 0 Å². The molecule has 2 rings (SSSR count). The molecule has 6 heteroatoms. The molecular weight excluding hydrogens is 251 g/mol. The monoisotopic (exact) mass is 262 g/mol. The van der Waals surface area contributed by atoms with E-state index < -0.39 is 4.92 Å². The summed E-state index contributed by atoms with van der Waals surface area (Å²) in [5.74, 6) is 0.342. The topological polar surface area (TPSA) is 65.3 Å². The number of rotatable bonds is 3. The van der Waals surface area contributed by atoms with Gasteiger partial charge in [0.2, 0.25) is 5.88 Å². The molecule has 0 aliphatic rings. The van der Waals surface area contributed by atoms with Crippen LogP contribution in [-0.2, 0) is 0 Å².